The molecule has 0 spiro atoms. The minimum Gasteiger partial charge on any atom is -0.358 e. The van der Waals surface area contributed by atoms with Gasteiger partial charge in [-0.05, 0) is 24.3 Å². The van der Waals surface area contributed by atoms with Crippen LogP contribution in [-0.2, 0) is 22.4 Å². The van der Waals surface area contributed by atoms with Gasteiger partial charge in [-0.3, -0.25) is 9.97 Å². The van der Waals surface area contributed by atoms with Crippen molar-refractivity contribution >= 4 is 18.9 Å². The van der Waals surface area contributed by atoms with Crippen molar-refractivity contribution in [1.29, 1.82) is 0 Å². The van der Waals surface area contributed by atoms with E-state index >= 15 is 0 Å². The molecule has 2 radical (unpaired) electrons. The molecule has 0 saturated carbocycles. The van der Waals surface area contributed by atoms with Crippen molar-refractivity contribution in [2.45, 2.75) is 0 Å². The minimum absolute atomic E-state index is 0. The maximum atomic E-state index is 3.78. The van der Waals surface area contributed by atoms with Crippen LogP contribution >= 0.6 is 0 Å². The molecule has 0 aromatic carbocycles. The van der Waals surface area contributed by atoms with E-state index in [4.69, 9.17) is 0 Å². The van der Waals surface area contributed by atoms with Gasteiger partial charge in [-0.1, -0.05) is 12.1 Å². The molecule has 2 aromatic heterocycles. The van der Waals surface area contributed by atoms with Crippen LogP contribution < -0.4 is 0 Å². The van der Waals surface area contributed by atoms with Crippen molar-refractivity contribution in [1.82, 2.24) is 9.97 Å². The van der Waals surface area contributed by atoms with Crippen molar-refractivity contribution < 1.29 is 22.4 Å². The van der Waals surface area contributed by atoms with Gasteiger partial charge in [-0.15, -0.1) is 0 Å². The van der Waals surface area contributed by atoms with Gasteiger partial charge in [0.1, 0.15) is 0 Å². The van der Waals surface area contributed by atoms with Crippen LogP contribution in [0.15, 0.2) is 61.2 Å². The zero-order chi connectivity index (χ0) is 8.49. The standard InChI is InChI=1S/2C5H5N.2CH3.Au.Li/c2*1-2-4-6-5-3-1;;;;/h2*1-5H;2*1H3;;/q;;2*-1;;. The molecule has 4 heteroatoms. The van der Waals surface area contributed by atoms with Crippen LogP contribution in [0.5, 0.6) is 0 Å². The number of hydrogen-bond acceptors (Lipinski definition) is 2. The second-order valence-electron chi connectivity index (χ2n) is 2.05. The first-order valence-electron chi connectivity index (χ1n) is 3.70. The zero-order valence-corrected chi connectivity index (χ0v) is 12.1. The summed E-state index contributed by atoms with van der Waals surface area (Å²) in [6.45, 7) is 0. The van der Waals surface area contributed by atoms with E-state index < -0.39 is 0 Å². The topological polar surface area (TPSA) is 25.8 Å². The maximum absolute atomic E-state index is 3.78. The second kappa shape index (κ2) is 20.1. The molecule has 0 atom stereocenters. The van der Waals surface area contributed by atoms with Gasteiger partial charge in [0.05, 0.1) is 0 Å². The van der Waals surface area contributed by atoms with Crippen LogP contribution in [0, 0.1) is 14.9 Å². The van der Waals surface area contributed by atoms with Gasteiger partial charge < -0.3 is 14.9 Å². The Morgan fingerprint density at radius 3 is 0.812 bits per heavy atom. The van der Waals surface area contributed by atoms with Crippen LogP contribution in [0.25, 0.3) is 0 Å². The Kier molecular flexibility index (Phi) is 31.1. The molecular formula is C12H16AuLiN2-2. The molecule has 0 aliphatic heterocycles. The maximum Gasteiger partial charge on any atom is 0.0267 e. The summed E-state index contributed by atoms with van der Waals surface area (Å²) in [5.41, 5.74) is 0. The summed E-state index contributed by atoms with van der Waals surface area (Å²) in [5, 5.41) is 0. The van der Waals surface area contributed by atoms with Crippen molar-refractivity contribution in [2.75, 3.05) is 0 Å². The van der Waals surface area contributed by atoms with Gasteiger partial charge in [-0.25, -0.2) is 0 Å². The summed E-state index contributed by atoms with van der Waals surface area (Å²) in [6, 6.07) is 11.4. The van der Waals surface area contributed by atoms with E-state index in [9.17, 15) is 0 Å². The molecule has 16 heavy (non-hydrogen) atoms. The van der Waals surface area contributed by atoms with Crippen LogP contribution in [0.3, 0.4) is 0 Å². The first kappa shape index (κ1) is 24.7. The van der Waals surface area contributed by atoms with Crippen molar-refractivity contribution in [3.05, 3.63) is 76.0 Å². The molecule has 0 unspecified atom stereocenters. The first-order valence-corrected chi connectivity index (χ1v) is 3.70. The van der Waals surface area contributed by atoms with Gasteiger partial charge in [0, 0.05) is 66.0 Å². The van der Waals surface area contributed by atoms with Gasteiger partial charge >= 0.3 is 0 Å². The third-order valence-electron chi connectivity index (χ3n) is 1.13. The minimum atomic E-state index is 0. The van der Waals surface area contributed by atoms with E-state index in [0.717, 1.165) is 0 Å². The fourth-order valence-corrected chi connectivity index (χ4v) is 0.625. The van der Waals surface area contributed by atoms with Crippen LogP contribution in [0.1, 0.15) is 0 Å². The Bertz CT molecular complexity index is 194. The molecule has 2 nitrogen and oxygen atoms in total. The monoisotopic (exact) mass is 392 g/mol. The number of rotatable bonds is 0. The number of nitrogens with zero attached hydrogens (tertiary/aromatic N) is 2. The first-order chi connectivity index (χ1) is 6.00. The summed E-state index contributed by atoms with van der Waals surface area (Å²) in [4.78, 5) is 7.57. The summed E-state index contributed by atoms with van der Waals surface area (Å²) in [5.74, 6) is 0. The van der Waals surface area contributed by atoms with E-state index in [1.807, 2.05) is 36.4 Å². The van der Waals surface area contributed by atoms with Crippen LogP contribution in [0.4, 0.5) is 0 Å². The smallest absolute Gasteiger partial charge is 0.0267 e. The molecule has 2 heterocycles. The van der Waals surface area contributed by atoms with E-state index in [1.165, 1.54) is 0 Å². The summed E-state index contributed by atoms with van der Waals surface area (Å²) in [6.07, 6.45) is 7.00. The Labute approximate surface area is 127 Å². The van der Waals surface area contributed by atoms with Gasteiger partial charge in [0.2, 0.25) is 0 Å². The average molecular weight is 392 g/mol. The molecule has 2 rings (SSSR count). The molecule has 0 aliphatic rings. The number of hydrogen-bond donors (Lipinski definition) is 0. The number of pyridine rings is 2. The van der Waals surface area contributed by atoms with Crippen LogP contribution in [-0.4, -0.2) is 28.8 Å². The quantitative estimate of drug-likeness (QED) is 0.509. The molecule has 0 fully saturated rings. The molecule has 0 saturated heterocycles. The van der Waals surface area contributed by atoms with Crippen molar-refractivity contribution in [2.24, 2.45) is 0 Å². The van der Waals surface area contributed by atoms with Gasteiger partial charge in [0.15, 0.2) is 0 Å². The Balaban J connectivity index is -0.0000000720. The van der Waals surface area contributed by atoms with Crippen LogP contribution in [0.2, 0.25) is 0 Å². The molecule has 0 N–H and O–H groups in total. The molecule has 0 aliphatic carbocycles. The van der Waals surface area contributed by atoms with Gasteiger partial charge in [-0.2, -0.15) is 0 Å². The van der Waals surface area contributed by atoms with E-state index in [-0.39, 0.29) is 56.1 Å². The Morgan fingerprint density at radius 2 is 0.750 bits per heavy atom. The van der Waals surface area contributed by atoms with Crippen molar-refractivity contribution in [3.8, 4) is 0 Å². The fraction of sp³-hybridized carbons (Fsp3) is 0. The van der Waals surface area contributed by atoms with E-state index in [0.29, 0.717) is 0 Å². The predicted molar refractivity (Wildman–Crippen MR) is 67.1 cm³/mol. The molecular weight excluding hydrogens is 376 g/mol. The molecule has 0 bridgehead atoms. The molecule has 88 valence electrons. The van der Waals surface area contributed by atoms with Gasteiger partial charge in [0.25, 0.3) is 0 Å². The van der Waals surface area contributed by atoms with E-state index in [2.05, 4.69) is 9.97 Å². The molecule has 2 aromatic rings. The summed E-state index contributed by atoms with van der Waals surface area (Å²) in [7, 11) is 0. The third-order valence-corrected chi connectivity index (χ3v) is 1.13. The summed E-state index contributed by atoms with van der Waals surface area (Å²) < 4.78 is 0. The summed E-state index contributed by atoms with van der Waals surface area (Å²) >= 11 is 0. The average Bonchev–Trinajstić information content (AvgIpc) is 2.24. The normalized spacial score (nSPS) is 6.00. The van der Waals surface area contributed by atoms with Crippen molar-refractivity contribution in [3.63, 3.8) is 0 Å². The SMILES string of the molecule is [Au].[CH3-].[CH3-].[Li].c1ccncc1.c1ccncc1. The predicted octanol–water partition coefficient (Wildman–Crippen LogP) is 2.68. The molecule has 0 amide bonds. The number of aromatic nitrogens is 2. The fourth-order valence-electron chi connectivity index (χ4n) is 0.625. The third kappa shape index (κ3) is 16.1. The second-order valence-corrected chi connectivity index (χ2v) is 2.05. The Hall–Kier alpha value is -0.362. The Morgan fingerprint density at radius 1 is 0.500 bits per heavy atom. The largest absolute Gasteiger partial charge is 0.358 e. The zero-order valence-electron chi connectivity index (χ0n) is 9.97. The van der Waals surface area contributed by atoms with E-state index in [1.54, 1.807) is 24.8 Å².